The van der Waals surface area contributed by atoms with Crippen molar-refractivity contribution in [1.29, 1.82) is 0 Å². The summed E-state index contributed by atoms with van der Waals surface area (Å²) in [5.74, 6) is 0.878. The summed E-state index contributed by atoms with van der Waals surface area (Å²) >= 11 is 0. The fraction of sp³-hybridized carbons (Fsp3) is 0.300. The monoisotopic (exact) mass is 404 g/mol. The van der Waals surface area contributed by atoms with Crippen molar-refractivity contribution in [2.45, 2.75) is 13.3 Å². The van der Waals surface area contributed by atoms with E-state index < -0.39 is 6.36 Å². The van der Waals surface area contributed by atoms with Gasteiger partial charge in [0.25, 0.3) is 0 Å². The Bertz CT molecular complexity index is 963. The third kappa shape index (κ3) is 4.51. The fourth-order valence-electron chi connectivity index (χ4n) is 3.06. The molecule has 0 N–H and O–H groups in total. The molecule has 0 amide bonds. The summed E-state index contributed by atoms with van der Waals surface area (Å²) in [5, 5.41) is 4.62. The van der Waals surface area contributed by atoms with Gasteiger partial charge in [0.1, 0.15) is 5.75 Å². The Kier molecular flexibility index (Phi) is 5.14. The van der Waals surface area contributed by atoms with Crippen molar-refractivity contribution in [1.82, 2.24) is 14.8 Å². The largest absolute Gasteiger partial charge is 0.573 e. The number of alkyl halides is 3. The number of ether oxygens (including phenoxy) is 2. The van der Waals surface area contributed by atoms with Crippen molar-refractivity contribution >= 4 is 5.95 Å². The summed E-state index contributed by atoms with van der Waals surface area (Å²) in [4.78, 5) is 6.75. The molecule has 2 heterocycles. The van der Waals surface area contributed by atoms with E-state index in [0.29, 0.717) is 43.8 Å². The van der Waals surface area contributed by atoms with E-state index in [-0.39, 0.29) is 5.75 Å². The number of aromatic nitrogens is 3. The van der Waals surface area contributed by atoms with Crippen LogP contribution in [0, 0.1) is 6.92 Å². The summed E-state index contributed by atoms with van der Waals surface area (Å²) < 4.78 is 48.3. The SMILES string of the molecule is Cc1ccc(-c2nc(N3CCOCC3)n(-c3ccc(OC(F)(F)F)cc3)n2)cc1. The zero-order chi connectivity index (χ0) is 20.4. The van der Waals surface area contributed by atoms with Crippen LogP contribution in [0.25, 0.3) is 17.1 Å². The molecule has 1 fully saturated rings. The van der Waals surface area contributed by atoms with E-state index in [1.54, 1.807) is 4.68 Å². The molecule has 1 aliphatic rings. The molecule has 6 nitrogen and oxygen atoms in total. The summed E-state index contributed by atoms with van der Waals surface area (Å²) in [5.41, 5.74) is 2.58. The maximum Gasteiger partial charge on any atom is 0.573 e. The van der Waals surface area contributed by atoms with Crippen molar-refractivity contribution < 1.29 is 22.6 Å². The zero-order valence-electron chi connectivity index (χ0n) is 15.7. The Morgan fingerprint density at radius 1 is 0.966 bits per heavy atom. The molecule has 3 aromatic rings. The van der Waals surface area contributed by atoms with Crippen LogP contribution in [0.2, 0.25) is 0 Å². The average Bonchev–Trinajstić information content (AvgIpc) is 3.14. The number of aryl methyl sites for hydroxylation is 1. The van der Waals surface area contributed by atoms with E-state index in [1.807, 2.05) is 36.1 Å². The van der Waals surface area contributed by atoms with Crippen LogP contribution in [0.4, 0.5) is 19.1 Å². The standard InChI is InChI=1S/C20H19F3N4O2/c1-14-2-4-15(5-3-14)18-24-19(26-10-12-28-13-11-26)27(25-18)16-6-8-17(9-7-16)29-20(21,22)23/h2-9H,10-13H2,1H3. The number of hydrogen-bond donors (Lipinski definition) is 0. The number of nitrogens with zero attached hydrogens (tertiary/aromatic N) is 4. The van der Waals surface area contributed by atoms with Crippen LogP contribution in [0.3, 0.4) is 0 Å². The van der Waals surface area contributed by atoms with Gasteiger partial charge in [-0.3, -0.25) is 0 Å². The van der Waals surface area contributed by atoms with Gasteiger partial charge in [0.05, 0.1) is 18.9 Å². The van der Waals surface area contributed by atoms with Gasteiger partial charge >= 0.3 is 6.36 Å². The number of hydrogen-bond acceptors (Lipinski definition) is 5. The van der Waals surface area contributed by atoms with Crippen LogP contribution in [-0.2, 0) is 4.74 Å². The average molecular weight is 404 g/mol. The highest BCUT2D eigenvalue weighted by Gasteiger charge is 2.31. The smallest absolute Gasteiger partial charge is 0.406 e. The molecule has 0 aliphatic carbocycles. The van der Waals surface area contributed by atoms with Gasteiger partial charge in [0.15, 0.2) is 5.82 Å². The normalized spacial score (nSPS) is 14.8. The fourth-order valence-corrected chi connectivity index (χ4v) is 3.06. The third-order valence-corrected chi connectivity index (χ3v) is 4.51. The highest BCUT2D eigenvalue weighted by molar-refractivity contribution is 5.59. The first-order valence-corrected chi connectivity index (χ1v) is 9.12. The molecule has 0 spiro atoms. The first kappa shape index (κ1) is 19.3. The highest BCUT2D eigenvalue weighted by Crippen LogP contribution is 2.27. The maximum absolute atomic E-state index is 12.4. The van der Waals surface area contributed by atoms with Gasteiger partial charge in [-0.1, -0.05) is 29.8 Å². The molecule has 0 saturated carbocycles. The third-order valence-electron chi connectivity index (χ3n) is 4.51. The summed E-state index contributed by atoms with van der Waals surface area (Å²) in [6.07, 6.45) is -4.73. The lowest BCUT2D eigenvalue weighted by Gasteiger charge is -2.27. The molecular formula is C20H19F3N4O2. The Hall–Kier alpha value is -3.07. The summed E-state index contributed by atoms with van der Waals surface area (Å²) in [6, 6.07) is 13.4. The van der Waals surface area contributed by atoms with E-state index in [2.05, 4.69) is 9.84 Å². The van der Waals surface area contributed by atoms with Gasteiger partial charge < -0.3 is 14.4 Å². The second kappa shape index (κ2) is 7.75. The predicted molar refractivity (Wildman–Crippen MR) is 101 cm³/mol. The van der Waals surface area contributed by atoms with Crippen molar-refractivity contribution in [2.75, 3.05) is 31.2 Å². The molecule has 9 heteroatoms. The maximum atomic E-state index is 12.4. The van der Waals surface area contributed by atoms with E-state index in [1.165, 1.54) is 24.3 Å². The zero-order valence-corrected chi connectivity index (χ0v) is 15.7. The molecule has 29 heavy (non-hydrogen) atoms. The lowest BCUT2D eigenvalue weighted by Crippen LogP contribution is -2.37. The van der Waals surface area contributed by atoms with Crippen LogP contribution in [0.1, 0.15) is 5.56 Å². The molecule has 0 bridgehead atoms. The van der Waals surface area contributed by atoms with E-state index >= 15 is 0 Å². The van der Waals surface area contributed by atoms with E-state index in [4.69, 9.17) is 9.72 Å². The minimum Gasteiger partial charge on any atom is -0.406 e. The molecule has 1 aromatic heterocycles. The summed E-state index contributed by atoms with van der Waals surface area (Å²) in [7, 11) is 0. The Morgan fingerprint density at radius 3 is 2.24 bits per heavy atom. The molecule has 152 valence electrons. The molecule has 0 unspecified atom stereocenters. The van der Waals surface area contributed by atoms with Gasteiger partial charge in [-0.05, 0) is 31.2 Å². The van der Waals surface area contributed by atoms with Gasteiger partial charge in [-0.2, -0.15) is 9.67 Å². The van der Waals surface area contributed by atoms with Crippen molar-refractivity contribution in [3.63, 3.8) is 0 Å². The second-order valence-electron chi connectivity index (χ2n) is 6.65. The van der Waals surface area contributed by atoms with Gasteiger partial charge in [-0.25, -0.2) is 0 Å². The molecule has 1 saturated heterocycles. The highest BCUT2D eigenvalue weighted by atomic mass is 19.4. The minimum absolute atomic E-state index is 0.284. The first-order chi connectivity index (χ1) is 13.9. The number of rotatable bonds is 4. The molecular weight excluding hydrogens is 385 g/mol. The van der Waals surface area contributed by atoms with Crippen molar-refractivity contribution in [2.24, 2.45) is 0 Å². The number of morpholine rings is 1. The van der Waals surface area contributed by atoms with Crippen LogP contribution >= 0.6 is 0 Å². The summed E-state index contributed by atoms with van der Waals surface area (Å²) in [6.45, 7) is 4.46. The van der Waals surface area contributed by atoms with E-state index in [9.17, 15) is 13.2 Å². The quantitative estimate of drug-likeness (QED) is 0.659. The molecule has 0 radical (unpaired) electrons. The molecule has 1 aliphatic heterocycles. The van der Waals surface area contributed by atoms with E-state index in [0.717, 1.165) is 11.1 Å². The molecule has 0 atom stereocenters. The van der Waals surface area contributed by atoms with Crippen LogP contribution in [0.5, 0.6) is 5.75 Å². The van der Waals surface area contributed by atoms with Crippen molar-refractivity contribution in [3.8, 4) is 22.8 Å². The Balaban J connectivity index is 1.71. The number of halogens is 3. The predicted octanol–water partition coefficient (Wildman–Crippen LogP) is 3.98. The second-order valence-corrected chi connectivity index (χ2v) is 6.65. The lowest BCUT2D eigenvalue weighted by atomic mass is 10.1. The topological polar surface area (TPSA) is 52.4 Å². The lowest BCUT2D eigenvalue weighted by molar-refractivity contribution is -0.274. The molecule has 2 aromatic carbocycles. The van der Waals surface area contributed by atoms with Crippen LogP contribution in [-0.4, -0.2) is 47.4 Å². The van der Waals surface area contributed by atoms with Crippen molar-refractivity contribution in [3.05, 3.63) is 54.1 Å². The first-order valence-electron chi connectivity index (χ1n) is 9.12. The van der Waals surface area contributed by atoms with Gasteiger partial charge in [0.2, 0.25) is 5.95 Å². The van der Waals surface area contributed by atoms with Crippen LogP contribution in [0.15, 0.2) is 48.5 Å². The van der Waals surface area contributed by atoms with Gasteiger partial charge in [0, 0.05) is 18.7 Å². The Morgan fingerprint density at radius 2 is 1.62 bits per heavy atom. The minimum atomic E-state index is -4.73. The Labute approximate surface area is 165 Å². The number of benzene rings is 2. The van der Waals surface area contributed by atoms with Gasteiger partial charge in [-0.15, -0.1) is 18.3 Å². The number of anilines is 1. The van der Waals surface area contributed by atoms with Crippen LogP contribution < -0.4 is 9.64 Å². The molecule has 4 rings (SSSR count).